The standard InChI is InChI=1S/C19H27N3O4S/c1-2-20-19(21-11-7-13-25-16-17-8-6-14-26-17)22-12-15-27(23,24)18-9-4-3-5-10-18/h3-6,8-10,14H,2,7,11-13,15-16H2,1H3,(H2,20,21,22). The second-order valence-electron chi connectivity index (χ2n) is 5.80. The van der Waals surface area contributed by atoms with Gasteiger partial charge in [-0.25, -0.2) is 8.42 Å². The van der Waals surface area contributed by atoms with Gasteiger partial charge in [0.15, 0.2) is 15.8 Å². The SMILES string of the molecule is CCNC(=NCCCOCc1ccco1)NCCS(=O)(=O)c1ccccc1. The van der Waals surface area contributed by atoms with Gasteiger partial charge in [-0.05, 0) is 37.6 Å². The van der Waals surface area contributed by atoms with E-state index in [9.17, 15) is 8.42 Å². The van der Waals surface area contributed by atoms with E-state index in [1.165, 1.54) is 0 Å². The fourth-order valence-corrected chi connectivity index (χ4v) is 3.49. The zero-order valence-electron chi connectivity index (χ0n) is 15.6. The highest BCUT2D eigenvalue weighted by Crippen LogP contribution is 2.09. The maximum Gasteiger partial charge on any atom is 0.191 e. The molecule has 7 nitrogen and oxygen atoms in total. The van der Waals surface area contributed by atoms with E-state index in [4.69, 9.17) is 9.15 Å². The number of nitrogens with one attached hydrogen (secondary N) is 2. The Labute approximate surface area is 160 Å². The molecule has 0 saturated carbocycles. The third kappa shape index (κ3) is 7.84. The van der Waals surface area contributed by atoms with Crippen LogP contribution in [0.25, 0.3) is 0 Å². The van der Waals surface area contributed by atoms with Crippen LogP contribution in [0, 0.1) is 0 Å². The topological polar surface area (TPSA) is 92.9 Å². The lowest BCUT2D eigenvalue weighted by atomic mass is 10.4. The summed E-state index contributed by atoms with van der Waals surface area (Å²) in [6.07, 6.45) is 2.38. The van der Waals surface area contributed by atoms with Crippen LogP contribution in [0.5, 0.6) is 0 Å². The van der Waals surface area contributed by atoms with Crippen LogP contribution in [-0.2, 0) is 21.2 Å². The van der Waals surface area contributed by atoms with Crippen molar-refractivity contribution in [1.29, 1.82) is 0 Å². The second kappa shape index (κ2) is 11.4. The summed E-state index contributed by atoms with van der Waals surface area (Å²) in [5, 5.41) is 6.17. The van der Waals surface area contributed by atoms with E-state index in [-0.39, 0.29) is 12.3 Å². The molecule has 0 amide bonds. The predicted molar refractivity (Wildman–Crippen MR) is 105 cm³/mol. The summed E-state index contributed by atoms with van der Waals surface area (Å²) in [6, 6.07) is 12.2. The third-order valence-corrected chi connectivity index (χ3v) is 5.38. The molecule has 148 valence electrons. The first-order valence-electron chi connectivity index (χ1n) is 9.02. The largest absolute Gasteiger partial charge is 0.467 e. The lowest BCUT2D eigenvalue weighted by Crippen LogP contribution is -2.39. The molecule has 0 unspecified atom stereocenters. The van der Waals surface area contributed by atoms with Crippen LogP contribution in [0.4, 0.5) is 0 Å². The van der Waals surface area contributed by atoms with Crippen molar-refractivity contribution >= 4 is 15.8 Å². The normalized spacial score (nSPS) is 12.1. The van der Waals surface area contributed by atoms with Crippen LogP contribution < -0.4 is 10.6 Å². The Hall–Kier alpha value is -2.32. The van der Waals surface area contributed by atoms with E-state index in [0.717, 1.165) is 12.2 Å². The van der Waals surface area contributed by atoms with E-state index in [1.807, 2.05) is 19.1 Å². The van der Waals surface area contributed by atoms with Gasteiger partial charge in [-0.1, -0.05) is 18.2 Å². The first kappa shape index (κ1) is 21.0. The number of ether oxygens (including phenoxy) is 1. The number of hydrogen-bond acceptors (Lipinski definition) is 5. The highest BCUT2D eigenvalue weighted by Gasteiger charge is 2.13. The van der Waals surface area contributed by atoms with Gasteiger partial charge in [-0.2, -0.15) is 0 Å². The smallest absolute Gasteiger partial charge is 0.191 e. The number of hydrogen-bond donors (Lipinski definition) is 2. The van der Waals surface area contributed by atoms with E-state index in [0.29, 0.717) is 37.2 Å². The molecule has 0 radical (unpaired) electrons. The van der Waals surface area contributed by atoms with E-state index >= 15 is 0 Å². The summed E-state index contributed by atoms with van der Waals surface area (Å²) in [5.74, 6) is 1.41. The molecule has 0 aliphatic rings. The Kier molecular flexibility index (Phi) is 8.86. The molecule has 2 aromatic rings. The van der Waals surface area contributed by atoms with E-state index < -0.39 is 9.84 Å². The molecule has 8 heteroatoms. The predicted octanol–water partition coefficient (Wildman–Crippen LogP) is 2.22. The Morgan fingerprint density at radius 1 is 1.15 bits per heavy atom. The third-order valence-electron chi connectivity index (χ3n) is 3.65. The van der Waals surface area contributed by atoms with E-state index in [2.05, 4.69) is 15.6 Å². The Bertz CT molecular complexity index is 775. The van der Waals surface area contributed by atoms with Crippen LogP contribution in [0.2, 0.25) is 0 Å². The van der Waals surface area contributed by atoms with Crippen molar-refractivity contribution in [1.82, 2.24) is 10.6 Å². The van der Waals surface area contributed by atoms with Crippen LogP contribution in [-0.4, -0.2) is 46.4 Å². The molecule has 0 aliphatic carbocycles. The molecule has 2 N–H and O–H groups in total. The lowest BCUT2D eigenvalue weighted by Gasteiger charge is -2.11. The van der Waals surface area contributed by atoms with Crippen molar-refractivity contribution in [3.05, 3.63) is 54.5 Å². The first-order chi connectivity index (χ1) is 13.1. The summed E-state index contributed by atoms with van der Waals surface area (Å²) < 4.78 is 35.3. The summed E-state index contributed by atoms with van der Waals surface area (Å²) in [4.78, 5) is 4.77. The second-order valence-corrected chi connectivity index (χ2v) is 7.91. The minimum absolute atomic E-state index is 0.00762. The minimum Gasteiger partial charge on any atom is -0.467 e. The zero-order valence-corrected chi connectivity index (χ0v) is 16.4. The van der Waals surface area contributed by atoms with Gasteiger partial charge in [-0.15, -0.1) is 0 Å². The van der Waals surface area contributed by atoms with Gasteiger partial charge in [0.2, 0.25) is 0 Å². The average molecular weight is 394 g/mol. The lowest BCUT2D eigenvalue weighted by molar-refractivity contribution is 0.105. The van der Waals surface area contributed by atoms with Crippen LogP contribution in [0.3, 0.4) is 0 Å². The quantitative estimate of drug-likeness (QED) is 0.345. The summed E-state index contributed by atoms with van der Waals surface area (Å²) in [7, 11) is -3.30. The van der Waals surface area contributed by atoms with Gasteiger partial charge in [0, 0.05) is 26.2 Å². The fourth-order valence-electron chi connectivity index (χ4n) is 2.32. The molecule has 0 fully saturated rings. The molecule has 0 bridgehead atoms. The highest BCUT2D eigenvalue weighted by molar-refractivity contribution is 7.91. The molecule has 0 spiro atoms. The van der Waals surface area contributed by atoms with Crippen LogP contribution in [0.15, 0.2) is 63.0 Å². The molecular formula is C19H27N3O4S. The van der Waals surface area contributed by atoms with Crippen molar-refractivity contribution in [3.8, 4) is 0 Å². The number of aliphatic imine (C=N–C) groups is 1. The number of guanidine groups is 1. The fraction of sp³-hybridized carbons (Fsp3) is 0.421. The highest BCUT2D eigenvalue weighted by atomic mass is 32.2. The van der Waals surface area contributed by atoms with Gasteiger partial charge in [0.25, 0.3) is 0 Å². The number of sulfone groups is 1. The van der Waals surface area contributed by atoms with Gasteiger partial charge in [0.1, 0.15) is 12.4 Å². The monoisotopic (exact) mass is 393 g/mol. The number of nitrogens with zero attached hydrogens (tertiary/aromatic N) is 1. The van der Waals surface area contributed by atoms with Gasteiger partial charge < -0.3 is 19.8 Å². The Morgan fingerprint density at radius 2 is 1.96 bits per heavy atom. The van der Waals surface area contributed by atoms with Gasteiger partial charge in [-0.3, -0.25) is 4.99 Å². The number of furan rings is 1. The summed E-state index contributed by atoms with van der Waals surface area (Å²) >= 11 is 0. The van der Waals surface area contributed by atoms with Crippen LogP contribution >= 0.6 is 0 Å². The zero-order chi connectivity index (χ0) is 19.4. The van der Waals surface area contributed by atoms with Crippen molar-refractivity contribution in [2.45, 2.75) is 24.8 Å². The number of benzene rings is 1. The van der Waals surface area contributed by atoms with Crippen molar-refractivity contribution < 1.29 is 17.6 Å². The molecule has 0 atom stereocenters. The van der Waals surface area contributed by atoms with Crippen LogP contribution in [0.1, 0.15) is 19.1 Å². The molecule has 1 aromatic carbocycles. The van der Waals surface area contributed by atoms with Crippen molar-refractivity contribution in [2.75, 3.05) is 32.0 Å². The maximum absolute atomic E-state index is 12.3. The van der Waals surface area contributed by atoms with Gasteiger partial charge in [0.05, 0.1) is 16.9 Å². The van der Waals surface area contributed by atoms with E-state index in [1.54, 1.807) is 36.6 Å². The summed E-state index contributed by atoms with van der Waals surface area (Å²) in [5.41, 5.74) is 0. The average Bonchev–Trinajstić information content (AvgIpc) is 3.18. The maximum atomic E-state index is 12.3. The molecule has 0 aliphatic heterocycles. The van der Waals surface area contributed by atoms with Crippen molar-refractivity contribution in [3.63, 3.8) is 0 Å². The molecule has 27 heavy (non-hydrogen) atoms. The minimum atomic E-state index is -3.30. The molecular weight excluding hydrogens is 366 g/mol. The molecule has 0 saturated heterocycles. The first-order valence-corrected chi connectivity index (χ1v) is 10.7. The number of rotatable bonds is 11. The molecule has 1 heterocycles. The van der Waals surface area contributed by atoms with Gasteiger partial charge >= 0.3 is 0 Å². The summed E-state index contributed by atoms with van der Waals surface area (Å²) in [6.45, 7) is 4.56. The Balaban J connectivity index is 1.69. The van der Waals surface area contributed by atoms with Crippen molar-refractivity contribution in [2.24, 2.45) is 4.99 Å². The molecule has 2 rings (SSSR count). The Morgan fingerprint density at radius 3 is 2.67 bits per heavy atom. The molecule has 1 aromatic heterocycles.